The Balaban J connectivity index is 0.00000280. The van der Waals surface area contributed by atoms with Crippen LogP contribution in [0.2, 0.25) is 0 Å². The second-order valence-corrected chi connectivity index (χ2v) is 7.37. The third-order valence-electron chi connectivity index (χ3n) is 5.26. The van der Waals surface area contributed by atoms with Crippen molar-refractivity contribution in [3.8, 4) is 5.75 Å². The zero-order valence-electron chi connectivity index (χ0n) is 17.4. The van der Waals surface area contributed by atoms with Crippen molar-refractivity contribution >= 4 is 29.9 Å². The molecule has 2 saturated heterocycles. The Morgan fingerprint density at radius 2 is 2.11 bits per heavy atom. The van der Waals surface area contributed by atoms with Gasteiger partial charge in [-0.3, -0.25) is 9.89 Å². The van der Waals surface area contributed by atoms with Crippen LogP contribution in [0.1, 0.15) is 32.3 Å². The van der Waals surface area contributed by atoms with E-state index in [2.05, 4.69) is 41.2 Å². The first-order valence-electron chi connectivity index (χ1n) is 10.3. The lowest BCUT2D eigenvalue weighted by Gasteiger charge is -2.34. The van der Waals surface area contributed by atoms with Crippen LogP contribution in [-0.4, -0.2) is 74.3 Å². The van der Waals surface area contributed by atoms with Crippen molar-refractivity contribution in [3.63, 3.8) is 0 Å². The third kappa shape index (κ3) is 6.49. The van der Waals surface area contributed by atoms with E-state index < -0.39 is 0 Å². The molecule has 1 aromatic rings. The molecule has 1 aromatic carbocycles. The summed E-state index contributed by atoms with van der Waals surface area (Å²) in [6.45, 7) is 10.2. The molecule has 0 aliphatic carbocycles. The molecule has 0 amide bonds. The van der Waals surface area contributed by atoms with E-state index in [4.69, 9.17) is 14.5 Å². The summed E-state index contributed by atoms with van der Waals surface area (Å²) < 4.78 is 11.6. The Hall–Kier alpha value is -1.06. The smallest absolute Gasteiger partial charge is 0.194 e. The molecule has 28 heavy (non-hydrogen) atoms. The number of fused-ring (bicyclic) bond motifs is 1. The number of hydrogen-bond donors (Lipinski definition) is 1. The molecule has 2 aliphatic heterocycles. The van der Waals surface area contributed by atoms with Gasteiger partial charge in [-0.25, -0.2) is 0 Å². The van der Waals surface area contributed by atoms with Crippen molar-refractivity contribution in [2.45, 2.75) is 45.4 Å². The molecule has 0 radical (unpaired) electrons. The minimum atomic E-state index is 0. The second kappa shape index (κ2) is 11.8. The monoisotopic (exact) mass is 502 g/mol. The summed E-state index contributed by atoms with van der Waals surface area (Å²) in [7, 11) is 2.08. The molecule has 7 heteroatoms. The van der Waals surface area contributed by atoms with Crippen molar-refractivity contribution in [2.75, 3.05) is 46.4 Å². The Bertz CT molecular complexity index is 611. The highest BCUT2D eigenvalue weighted by Gasteiger charge is 2.32. The number of benzene rings is 1. The van der Waals surface area contributed by atoms with Crippen LogP contribution in [-0.2, 0) is 11.3 Å². The molecule has 0 bridgehead atoms. The fourth-order valence-electron chi connectivity index (χ4n) is 3.86. The van der Waals surface area contributed by atoms with Crippen LogP contribution in [0, 0.1) is 0 Å². The van der Waals surface area contributed by atoms with Gasteiger partial charge >= 0.3 is 0 Å². The molecule has 0 saturated carbocycles. The largest absolute Gasteiger partial charge is 0.494 e. The first kappa shape index (κ1) is 23.2. The summed E-state index contributed by atoms with van der Waals surface area (Å²) in [5, 5.41) is 3.40. The third-order valence-corrected chi connectivity index (χ3v) is 5.26. The molecule has 3 rings (SSSR count). The Morgan fingerprint density at radius 1 is 1.32 bits per heavy atom. The van der Waals surface area contributed by atoms with E-state index in [0.29, 0.717) is 19.2 Å². The maximum atomic E-state index is 6.05. The molecule has 1 N–H and O–H groups in total. The fourth-order valence-corrected chi connectivity index (χ4v) is 3.86. The normalized spacial score (nSPS) is 22.3. The maximum absolute atomic E-state index is 6.05. The van der Waals surface area contributed by atoms with E-state index in [1.807, 2.05) is 19.1 Å². The standard InChI is InChI=1S/C21H34N4O2.HI/c1-4-22-21(23-13-20-15-25-12-6-7-18(25)16-27-20)24(3)14-17-8-10-19(11-9-17)26-5-2;/h8-11,18,20H,4-7,12-16H2,1-3H3,(H,22,23);1H. The lowest BCUT2D eigenvalue weighted by Crippen LogP contribution is -2.47. The fraction of sp³-hybridized carbons (Fsp3) is 0.667. The highest BCUT2D eigenvalue weighted by atomic mass is 127. The van der Waals surface area contributed by atoms with Crippen LogP contribution in [0.4, 0.5) is 0 Å². The molecule has 2 atom stereocenters. The summed E-state index contributed by atoms with van der Waals surface area (Å²) in [6.07, 6.45) is 2.79. The number of nitrogens with one attached hydrogen (secondary N) is 1. The lowest BCUT2D eigenvalue weighted by atomic mass is 10.2. The predicted molar refractivity (Wildman–Crippen MR) is 125 cm³/mol. The van der Waals surface area contributed by atoms with Gasteiger partial charge in [0.2, 0.25) is 0 Å². The second-order valence-electron chi connectivity index (χ2n) is 7.37. The van der Waals surface area contributed by atoms with E-state index in [9.17, 15) is 0 Å². The van der Waals surface area contributed by atoms with Gasteiger partial charge in [0.05, 0.1) is 25.9 Å². The quantitative estimate of drug-likeness (QED) is 0.353. The molecule has 2 heterocycles. The average Bonchev–Trinajstić information content (AvgIpc) is 3.14. The summed E-state index contributed by atoms with van der Waals surface area (Å²) in [4.78, 5) is 9.59. The summed E-state index contributed by atoms with van der Waals surface area (Å²) in [5.74, 6) is 1.85. The minimum Gasteiger partial charge on any atom is -0.494 e. The Labute approximate surface area is 186 Å². The Kier molecular flexibility index (Phi) is 9.81. The van der Waals surface area contributed by atoms with E-state index in [-0.39, 0.29) is 30.1 Å². The molecule has 2 unspecified atom stereocenters. The maximum Gasteiger partial charge on any atom is 0.194 e. The van der Waals surface area contributed by atoms with Crippen LogP contribution >= 0.6 is 24.0 Å². The molecule has 6 nitrogen and oxygen atoms in total. The zero-order chi connectivity index (χ0) is 19.1. The van der Waals surface area contributed by atoms with Crippen LogP contribution < -0.4 is 10.1 Å². The van der Waals surface area contributed by atoms with Gasteiger partial charge in [-0.2, -0.15) is 0 Å². The average molecular weight is 502 g/mol. The van der Waals surface area contributed by atoms with Gasteiger partial charge in [-0.15, -0.1) is 24.0 Å². The molecule has 0 aromatic heterocycles. The molecule has 158 valence electrons. The van der Waals surface area contributed by atoms with Crippen LogP contribution in [0.25, 0.3) is 0 Å². The van der Waals surface area contributed by atoms with Crippen molar-refractivity contribution in [1.29, 1.82) is 0 Å². The van der Waals surface area contributed by atoms with Crippen molar-refractivity contribution in [2.24, 2.45) is 4.99 Å². The van der Waals surface area contributed by atoms with Crippen LogP contribution in [0.5, 0.6) is 5.75 Å². The highest BCUT2D eigenvalue weighted by Crippen LogP contribution is 2.22. The summed E-state index contributed by atoms with van der Waals surface area (Å²) in [5.41, 5.74) is 1.24. The molecular weight excluding hydrogens is 467 g/mol. The number of halogens is 1. The van der Waals surface area contributed by atoms with Crippen LogP contribution in [0.15, 0.2) is 29.3 Å². The summed E-state index contributed by atoms with van der Waals surface area (Å²) >= 11 is 0. The predicted octanol–water partition coefficient (Wildman–Crippen LogP) is 2.96. The molecule has 2 fully saturated rings. The van der Waals surface area contributed by atoms with Gasteiger partial charge in [0.1, 0.15) is 5.75 Å². The summed E-state index contributed by atoms with van der Waals surface area (Å²) in [6, 6.07) is 8.92. The van der Waals surface area contributed by atoms with Crippen molar-refractivity contribution in [3.05, 3.63) is 29.8 Å². The van der Waals surface area contributed by atoms with Crippen LogP contribution in [0.3, 0.4) is 0 Å². The van der Waals surface area contributed by atoms with E-state index in [1.165, 1.54) is 24.9 Å². The molecular formula is C21H35IN4O2. The first-order chi connectivity index (χ1) is 13.2. The number of guanidine groups is 1. The van der Waals surface area contributed by atoms with Gasteiger partial charge in [-0.05, 0) is 50.9 Å². The topological polar surface area (TPSA) is 49.3 Å². The van der Waals surface area contributed by atoms with Crippen molar-refractivity contribution in [1.82, 2.24) is 15.1 Å². The zero-order valence-corrected chi connectivity index (χ0v) is 19.7. The van der Waals surface area contributed by atoms with E-state index in [1.54, 1.807) is 0 Å². The number of nitrogens with zero attached hydrogens (tertiary/aromatic N) is 3. The van der Waals surface area contributed by atoms with Gasteiger partial charge < -0.3 is 19.7 Å². The van der Waals surface area contributed by atoms with E-state index >= 15 is 0 Å². The number of hydrogen-bond acceptors (Lipinski definition) is 4. The van der Waals surface area contributed by atoms with Gasteiger partial charge in [-0.1, -0.05) is 12.1 Å². The van der Waals surface area contributed by atoms with Gasteiger partial charge in [0.25, 0.3) is 0 Å². The number of aliphatic imine (C=N–C) groups is 1. The number of morpholine rings is 1. The van der Waals surface area contributed by atoms with Gasteiger partial charge in [0.15, 0.2) is 5.96 Å². The Morgan fingerprint density at radius 3 is 2.82 bits per heavy atom. The van der Waals surface area contributed by atoms with E-state index in [0.717, 1.165) is 38.0 Å². The SMILES string of the molecule is CCNC(=NCC1CN2CCCC2CO1)N(C)Cc1ccc(OCC)cc1.I. The van der Waals surface area contributed by atoms with Crippen molar-refractivity contribution < 1.29 is 9.47 Å². The molecule has 2 aliphatic rings. The number of ether oxygens (including phenoxy) is 2. The first-order valence-corrected chi connectivity index (χ1v) is 10.3. The minimum absolute atomic E-state index is 0. The van der Waals surface area contributed by atoms with Gasteiger partial charge in [0, 0.05) is 32.7 Å². The lowest BCUT2D eigenvalue weighted by molar-refractivity contribution is -0.0432. The highest BCUT2D eigenvalue weighted by molar-refractivity contribution is 14.0. The molecule has 0 spiro atoms. The number of rotatable bonds is 7.